The van der Waals surface area contributed by atoms with Crippen molar-refractivity contribution in [2.45, 2.75) is 46.0 Å². The highest BCUT2D eigenvalue weighted by atomic mass is 16.2. The van der Waals surface area contributed by atoms with E-state index in [-0.39, 0.29) is 17.7 Å². The molecule has 1 aliphatic rings. The van der Waals surface area contributed by atoms with E-state index < -0.39 is 0 Å². The average molecular weight is 354 g/mol. The van der Waals surface area contributed by atoms with Crippen molar-refractivity contribution in [3.63, 3.8) is 0 Å². The summed E-state index contributed by atoms with van der Waals surface area (Å²) >= 11 is 0. The lowest BCUT2D eigenvalue weighted by atomic mass is 10.1. The molecule has 0 atom stereocenters. The summed E-state index contributed by atoms with van der Waals surface area (Å²) < 4.78 is 0. The smallest absolute Gasteiger partial charge is 0.233 e. The third-order valence-electron chi connectivity index (χ3n) is 4.29. The van der Waals surface area contributed by atoms with Crippen LogP contribution in [0, 0.1) is 5.92 Å². The third-order valence-corrected chi connectivity index (χ3v) is 4.29. The molecule has 0 aliphatic carbocycles. The first kappa shape index (κ1) is 21.4. The molecule has 1 aliphatic heterocycles. The van der Waals surface area contributed by atoms with Crippen LogP contribution >= 0.6 is 0 Å². The van der Waals surface area contributed by atoms with Gasteiger partial charge in [-0.05, 0) is 25.8 Å². The van der Waals surface area contributed by atoms with Gasteiger partial charge in [-0.25, -0.2) is 0 Å². The Morgan fingerprint density at radius 1 is 0.920 bits per heavy atom. The number of rotatable bonds is 10. The van der Waals surface area contributed by atoms with Crippen LogP contribution in [0.4, 0.5) is 0 Å². The normalized spacial score (nSPS) is 14.7. The van der Waals surface area contributed by atoms with Crippen molar-refractivity contribution in [1.29, 1.82) is 0 Å². The van der Waals surface area contributed by atoms with Crippen molar-refractivity contribution < 1.29 is 14.4 Å². The fourth-order valence-electron chi connectivity index (χ4n) is 2.87. The first-order valence-corrected chi connectivity index (χ1v) is 9.41. The van der Waals surface area contributed by atoms with Gasteiger partial charge in [0, 0.05) is 45.6 Å². The maximum absolute atomic E-state index is 12.2. The van der Waals surface area contributed by atoms with Crippen LogP contribution in [0.25, 0.3) is 0 Å². The van der Waals surface area contributed by atoms with Gasteiger partial charge in [-0.3, -0.25) is 14.4 Å². The number of unbranched alkanes of at least 4 members (excludes halogenated alkanes) is 2. The van der Waals surface area contributed by atoms with E-state index in [1.165, 1.54) is 0 Å². The Morgan fingerprint density at radius 2 is 1.52 bits per heavy atom. The predicted octanol–water partition coefficient (Wildman–Crippen LogP) is 0.599. The quantitative estimate of drug-likeness (QED) is 0.563. The van der Waals surface area contributed by atoms with Gasteiger partial charge < -0.3 is 20.4 Å². The van der Waals surface area contributed by atoms with Crippen LogP contribution in [0.1, 0.15) is 46.0 Å². The van der Waals surface area contributed by atoms with Gasteiger partial charge in [0.15, 0.2) is 0 Å². The molecule has 2 N–H and O–H groups in total. The molecule has 3 amide bonds. The van der Waals surface area contributed by atoms with Crippen LogP contribution in [-0.4, -0.2) is 73.8 Å². The van der Waals surface area contributed by atoms with E-state index in [9.17, 15) is 14.4 Å². The van der Waals surface area contributed by atoms with E-state index in [1.807, 2.05) is 23.6 Å². The monoisotopic (exact) mass is 354 g/mol. The van der Waals surface area contributed by atoms with Crippen molar-refractivity contribution in [1.82, 2.24) is 20.4 Å². The summed E-state index contributed by atoms with van der Waals surface area (Å²) in [4.78, 5) is 39.3. The Morgan fingerprint density at radius 3 is 2.08 bits per heavy atom. The lowest BCUT2D eigenvalue weighted by Crippen LogP contribution is -2.50. The Bertz CT molecular complexity index is 432. The maximum atomic E-state index is 12.2. The Balaban J connectivity index is 2.11. The summed E-state index contributed by atoms with van der Waals surface area (Å²) in [6.07, 6.45) is 3.79. The fourth-order valence-corrected chi connectivity index (χ4v) is 2.87. The number of hydrogen-bond acceptors (Lipinski definition) is 4. The minimum absolute atomic E-state index is 0.00320. The molecule has 0 aromatic rings. The summed E-state index contributed by atoms with van der Waals surface area (Å²) in [7, 11) is 1.74. The number of piperazine rings is 1. The summed E-state index contributed by atoms with van der Waals surface area (Å²) in [5, 5.41) is 5.63. The molecule has 7 nitrogen and oxygen atoms in total. The second-order valence-electron chi connectivity index (χ2n) is 7.05. The van der Waals surface area contributed by atoms with Crippen molar-refractivity contribution in [3.8, 4) is 0 Å². The summed E-state index contributed by atoms with van der Waals surface area (Å²) in [5.74, 6) is 0.747. The number of amides is 3. The summed E-state index contributed by atoms with van der Waals surface area (Å²) in [5.41, 5.74) is 0. The van der Waals surface area contributed by atoms with Gasteiger partial charge in [-0.2, -0.15) is 0 Å². The predicted molar refractivity (Wildman–Crippen MR) is 98.0 cm³/mol. The van der Waals surface area contributed by atoms with E-state index in [4.69, 9.17) is 0 Å². The largest absolute Gasteiger partial charge is 0.355 e. The number of hydrogen-bond donors (Lipinski definition) is 2. The molecular formula is C18H34N4O3. The zero-order valence-electron chi connectivity index (χ0n) is 16.0. The van der Waals surface area contributed by atoms with E-state index in [1.54, 1.807) is 7.05 Å². The van der Waals surface area contributed by atoms with Crippen LogP contribution in [0.2, 0.25) is 0 Å². The number of carbonyl (C=O) groups is 3. The number of likely N-dealkylation sites (N-methyl/N-ethyl adjacent to an activating group) is 1. The van der Waals surface area contributed by atoms with Gasteiger partial charge in [0.2, 0.25) is 17.7 Å². The van der Waals surface area contributed by atoms with Crippen LogP contribution in [0.5, 0.6) is 0 Å². The SMILES string of the molecule is CNCC(=O)NCCCCCC(=O)N1CCN(C(=O)CC(C)C)CC1. The van der Waals surface area contributed by atoms with Crippen molar-refractivity contribution >= 4 is 17.7 Å². The molecule has 25 heavy (non-hydrogen) atoms. The third kappa shape index (κ3) is 8.86. The van der Waals surface area contributed by atoms with E-state index in [0.29, 0.717) is 58.0 Å². The molecular weight excluding hydrogens is 320 g/mol. The second-order valence-corrected chi connectivity index (χ2v) is 7.05. The Hall–Kier alpha value is -1.63. The van der Waals surface area contributed by atoms with Gasteiger partial charge in [0.25, 0.3) is 0 Å². The van der Waals surface area contributed by atoms with Gasteiger partial charge in [0.05, 0.1) is 6.54 Å². The highest BCUT2D eigenvalue weighted by molar-refractivity contribution is 5.78. The minimum atomic E-state index is 0.00320. The summed E-state index contributed by atoms with van der Waals surface area (Å²) in [6, 6.07) is 0. The first-order valence-electron chi connectivity index (χ1n) is 9.41. The Labute approximate surface area is 151 Å². The maximum Gasteiger partial charge on any atom is 0.233 e. The lowest BCUT2D eigenvalue weighted by Gasteiger charge is -2.35. The van der Waals surface area contributed by atoms with Gasteiger partial charge in [-0.15, -0.1) is 0 Å². The first-order chi connectivity index (χ1) is 11.9. The zero-order chi connectivity index (χ0) is 18.7. The second kappa shape index (κ2) is 11.8. The van der Waals surface area contributed by atoms with Crippen LogP contribution in [-0.2, 0) is 14.4 Å². The molecule has 0 unspecified atom stereocenters. The van der Waals surface area contributed by atoms with Crippen molar-refractivity contribution in [2.24, 2.45) is 5.92 Å². The molecule has 1 heterocycles. The molecule has 0 aromatic carbocycles. The number of carbonyl (C=O) groups excluding carboxylic acids is 3. The average Bonchev–Trinajstić information content (AvgIpc) is 2.57. The van der Waals surface area contributed by atoms with Crippen molar-refractivity contribution in [2.75, 3.05) is 46.3 Å². The number of nitrogens with one attached hydrogen (secondary N) is 2. The molecule has 0 bridgehead atoms. The molecule has 7 heteroatoms. The van der Waals surface area contributed by atoms with Crippen molar-refractivity contribution in [3.05, 3.63) is 0 Å². The zero-order valence-corrected chi connectivity index (χ0v) is 16.0. The highest BCUT2D eigenvalue weighted by Crippen LogP contribution is 2.10. The molecule has 1 saturated heterocycles. The fraction of sp³-hybridized carbons (Fsp3) is 0.833. The molecule has 0 aromatic heterocycles. The topological polar surface area (TPSA) is 81.8 Å². The van der Waals surface area contributed by atoms with Crippen LogP contribution < -0.4 is 10.6 Å². The molecule has 1 rings (SSSR count). The lowest BCUT2D eigenvalue weighted by molar-refractivity contribution is -0.140. The number of nitrogens with zero attached hydrogens (tertiary/aromatic N) is 2. The van der Waals surface area contributed by atoms with E-state index in [2.05, 4.69) is 10.6 Å². The summed E-state index contributed by atoms with van der Waals surface area (Å²) in [6.45, 7) is 7.66. The van der Waals surface area contributed by atoms with E-state index >= 15 is 0 Å². The van der Waals surface area contributed by atoms with E-state index in [0.717, 1.165) is 19.3 Å². The molecule has 0 radical (unpaired) electrons. The molecule has 0 saturated carbocycles. The van der Waals surface area contributed by atoms with Gasteiger partial charge >= 0.3 is 0 Å². The van der Waals surface area contributed by atoms with Gasteiger partial charge in [-0.1, -0.05) is 20.3 Å². The van der Waals surface area contributed by atoms with Gasteiger partial charge in [0.1, 0.15) is 0 Å². The standard InChI is InChI=1S/C18H34N4O3/c1-15(2)13-18(25)22-11-9-21(10-12-22)17(24)7-5-4-6-8-20-16(23)14-19-3/h15,19H,4-14H2,1-3H3,(H,20,23). The highest BCUT2D eigenvalue weighted by Gasteiger charge is 2.23. The Kier molecular flexibility index (Phi) is 10.1. The minimum Gasteiger partial charge on any atom is -0.355 e. The van der Waals surface area contributed by atoms with Crippen LogP contribution in [0.3, 0.4) is 0 Å². The molecule has 0 spiro atoms. The molecule has 1 fully saturated rings. The van der Waals surface area contributed by atoms with Crippen LogP contribution in [0.15, 0.2) is 0 Å². The molecule has 144 valence electrons.